The first-order valence-electron chi connectivity index (χ1n) is 8.23. The highest BCUT2D eigenvalue weighted by Crippen LogP contribution is 2.22. The van der Waals surface area contributed by atoms with E-state index in [1.165, 1.54) is 0 Å². The minimum Gasteiger partial charge on any atom is -0.497 e. The fraction of sp³-hybridized carbons (Fsp3) is 0.389. The van der Waals surface area contributed by atoms with Gasteiger partial charge in [-0.2, -0.15) is 5.10 Å². The molecule has 25 heavy (non-hydrogen) atoms. The summed E-state index contributed by atoms with van der Waals surface area (Å²) < 4.78 is 6.77. The van der Waals surface area contributed by atoms with E-state index in [1.807, 2.05) is 30.3 Å². The summed E-state index contributed by atoms with van der Waals surface area (Å²) >= 11 is 0. The van der Waals surface area contributed by atoms with Crippen LogP contribution >= 0.6 is 0 Å². The third-order valence-corrected chi connectivity index (χ3v) is 4.50. The SMILES string of the molecule is COc1ccc(-c2cc(C(=O)N3CCN(C(C)=O)CC3)n(C)n2)cc1. The fourth-order valence-corrected chi connectivity index (χ4v) is 2.96. The second-order valence-corrected chi connectivity index (χ2v) is 6.07. The zero-order valence-corrected chi connectivity index (χ0v) is 14.7. The van der Waals surface area contributed by atoms with Gasteiger partial charge in [-0.1, -0.05) is 0 Å². The van der Waals surface area contributed by atoms with Crippen LogP contribution in [-0.2, 0) is 11.8 Å². The predicted molar refractivity (Wildman–Crippen MR) is 93.4 cm³/mol. The molecule has 0 unspecified atom stereocenters. The lowest BCUT2D eigenvalue weighted by atomic mass is 10.1. The summed E-state index contributed by atoms with van der Waals surface area (Å²) in [5.41, 5.74) is 2.22. The van der Waals surface area contributed by atoms with Crippen molar-refractivity contribution in [1.82, 2.24) is 19.6 Å². The van der Waals surface area contributed by atoms with Crippen LogP contribution in [0.2, 0.25) is 0 Å². The highest BCUT2D eigenvalue weighted by Gasteiger charge is 2.25. The molecule has 3 rings (SSSR count). The van der Waals surface area contributed by atoms with E-state index in [9.17, 15) is 9.59 Å². The maximum Gasteiger partial charge on any atom is 0.272 e. The number of amides is 2. The van der Waals surface area contributed by atoms with Gasteiger partial charge in [0.05, 0.1) is 12.8 Å². The number of nitrogens with zero attached hydrogens (tertiary/aromatic N) is 4. The number of ether oxygens (including phenoxy) is 1. The molecule has 2 heterocycles. The summed E-state index contributed by atoms with van der Waals surface area (Å²) in [5.74, 6) is 0.770. The number of aromatic nitrogens is 2. The lowest BCUT2D eigenvalue weighted by Crippen LogP contribution is -2.50. The number of rotatable bonds is 3. The van der Waals surface area contributed by atoms with E-state index in [0.29, 0.717) is 31.9 Å². The van der Waals surface area contributed by atoms with E-state index in [2.05, 4.69) is 5.10 Å². The Bertz CT molecular complexity index is 774. The van der Waals surface area contributed by atoms with Crippen LogP contribution in [0, 0.1) is 0 Å². The Morgan fingerprint density at radius 1 is 1.04 bits per heavy atom. The van der Waals surface area contributed by atoms with Gasteiger partial charge in [-0.25, -0.2) is 0 Å². The van der Waals surface area contributed by atoms with Crippen LogP contribution < -0.4 is 4.74 Å². The van der Waals surface area contributed by atoms with Gasteiger partial charge in [-0.05, 0) is 30.3 Å². The molecule has 1 aliphatic rings. The highest BCUT2D eigenvalue weighted by molar-refractivity contribution is 5.94. The molecule has 2 amide bonds. The Labute approximate surface area is 146 Å². The molecule has 2 aromatic rings. The minimum absolute atomic E-state index is 0.0504. The van der Waals surface area contributed by atoms with Gasteiger partial charge in [0.2, 0.25) is 5.91 Å². The Morgan fingerprint density at radius 3 is 2.20 bits per heavy atom. The van der Waals surface area contributed by atoms with Crippen molar-refractivity contribution in [3.05, 3.63) is 36.0 Å². The van der Waals surface area contributed by atoms with Crippen molar-refractivity contribution in [2.75, 3.05) is 33.3 Å². The third-order valence-electron chi connectivity index (χ3n) is 4.50. The maximum absolute atomic E-state index is 12.8. The third kappa shape index (κ3) is 3.50. The standard InChI is InChI=1S/C18H22N4O3/c1-13(23)21-8-10-22(11-9-21)18(24)17-12-16(19-20(17)2)14-4-6-15(25-3)7-5-14/h4-7,12H,8-11H2,1-3H3. The van der Waals surface area contributed by atoms with Gasteiger partial charge in [0.15, 0.2) is 0 Å². The van der Waals surface area contributed by atoms with E-state index >= 15 is 0 Å². The average Bonchev–Trinajstić information content (AvgIpc) is 3.03. The average molecular weight is 342 g/mol. The lowest BCUT2D eigenvalue weighted by Gasteiger charge is -2.34. The Morgan fingerprint density at radius 2 is 1.64 bits per heavy atom. The summed E-state index contributed by atoms with van der Waals surface area (Å²) in [4.78, 5) is 27.7. The van der Waals surface area contributed by atoms with Crippen LogP contribution in [0.25, 0.3) is 11.3 Å². The van der Waals surface area contributed by atoms with Gasteiger partial charge in [-0.3, -0.25) is 14.3 Å². The molecule has 1 saturated heterocycles. The lowest BCUT2D eigenvalue weighted by molar-refractivity contribution is -0.130. The van der Waals surface area contributed by atoms with Gasteiger partial charge in [0, 0.05) is 45.7 Å². The van der Waals surface area contributed by atoms with Gasteiger partial charge in [-0.15, -0.1) is 0 Å². The van der Waals surface area contributed by atoms with Crippen molar-refractivity contribution in [3.63, 3.8) is 0 Å². The second-order valence-electron chi connectivity index (χ2n) is 6.07. The van der Waals surface area contributed by atoms with E-state index in [-0.39, 0.29) is 11.8 Å². The molecule has 1 aromatic carbocycles. The first kappa shape index (κ1) is 17.0. The minimum atomic E-state index is -0.0574. The number of aryl methyl sites for hydroxylation is 1. The first-order valence-corrected chi connectivity index (χ1v) is 8.23. The number of piperazine rings is 1. The summed E-state index contributed by atoms with van der Waals surface area (Å²) in [6.07, 6.45) is 0. The smallest absolute Gasteiger partial charge is 0.272 e. The van der Waals surface area contributed by atoms with Crippen LogP contribution in [0.4, 0.5) is 0 Å². The van der Waals surface area contributed by atoms with Crippen LogP contribution in [0.15, 0.2) is 30.3 Å². The molecule has 1 fully saturated rings. The van der Waals surface area contributed by atoms with Gasteiger partial charge >= 0.3 is 0 Å². The second kappa shape index (κ2) is 6.96. The van der Waals surface area contributed by atoms with Crippen molar-refractivity contribution >= 4 is 11.8 Å². The summed E-state index contributed by atoms with van der Waals surface area (Å²) in [7, 11) is 3.39. The Hall–Kier alpha value is -2.83. The van der Waals surface area contributed by atoms with Crippen LogP contribution in [-0.4, -0.2) is 64.7 Å². The molecule has 7 nitrogen and oxygen atoms in total. The van der Waals surface area contributed by atoms with E-state index in [0.717, 1.165) is 17.0 Å². The number of benzene rings is 1. The molecule has 0 atom stereocenters. The Balaban J connectivity index is 1.75. The quantitative estimate of drug-likeness (QED) is 0.846. The summed E-state index contributed by atoms with van der Waals surface area (Å²) in [5, 5.41) is 4.46. The van der Waals surface area contributed by atoms with Crippen molar-refractivity contribution < 1.29 is 14.3 Å². The zero-order chi connectivity index (χ0) is 18.0. The number of hydrogen-bond acceptors (Lipinski definition) is 4. The molecule has 0 N–H and O–H groups in total. The van der Waals surface area contributed by atoms with Crippen LogP contribution in [0.5, 0.6) is 5.75 Å². The molecule has 7 heteroatoms. The van der Waals surface area contributed by atoms with Gasteiger partial charge < -0.3 is 14.5 Å². The molecule has 0 radical (unpaired) electrons. The molecular formula is C18H22N4O3. The molecule has 0 saturated carbocycles. The van der Waals surface area contributed by atoms with Crippen molar-refractivity contribution in [2.24, 2.45) is 7.05 Å². The van der Waals surface area contributed by atoms with E-state index in [4.69, 9.17) is 4.74 Å². The number of carbonyl (C=O) groups is 2. The fourth-order valence-electron chi connectivity index (χ4n) is 2.96. The van der Waals surface area contributed by atoms with Crippen LogP contribution in [0.1, 0.15) is 17.4 Å². The van der Waals surface area contributed by atoms with E-state index < -0.39 is 0 Å². The molecule has 0 spiro atoms. The van der Waals surface area contributed by atoms with E-state index in [1.54, 1.807) is 35.6 Å². The number of methoxy groups -OCH3 is 1. The number of hydrogen-bond donors (Lipinski definition) is 0. The summed E-state index contributed by atoms with van der Waals surface area (Å²) in [6, 6.07) is 9.38. The zero-order valence-electron chi connectivity index (χ0n) is 14.7. The predicted octanol–water partition coefficient (Wildman–Crippen LogP) is 1.40. The largest absolute Gasteiger partial charge is 0.497 e. The Kier molecular flexibility index (Phi) is 4.74. The maximum atomic E-state index is 12.8. The van der Waals surface area contributed by atoms with Crippen molar-refractivity contribution in [1.29, 1.82) is 0 Å². The topological polar surface area (TPSA) is 67.7 Å². The van der Waals surface area contributed by atoms with Crippen molar-refractivity contribution in [3.8, 4) is 17.0 Å². The molecule has 1 aliphatic heterocycles. The summed E-state index contributed by atoms with van der Waals surface area (Å²) in [6.45, 7) is 3.79. The first-order chi connectivity index (χ1) is 12.0. The monoisotopic (exact) mass is 342 g/mol. The molecule has 132 valence electrons. The molecule has 0 bridgehead atoms. The number of carbonyl (C=O) groups excluding carboxylic acids is 2. The highest BCUT2D eigenvalue weighted by atomic mass is 16.5. The van der Waals surface area contributed by atoms with Gasteiger partial charge in [0.25, 0.3) is 5.91 Å². The van der Waals surface area contributed by atoms with Crippen molar-refractivity contribution in [2.45, 2.75) is 6.92 Å². The molecule has 1 aromatic heterocycles. The molecule has 0 aliphatic carbocycles. The normalized spacial score (nSPS) is 14.5. The van der Waals surface area contributed by atoms with Crippen LogP contribution in [0.3, 0.4) is 0 Å². The molecular weight excluding hydrogens is 320 g/mol. The van der Waals surface area contributed by atoms with Gasteiger partial charge in [0.1, 0.15) is 11.4 Å².